The summed E-state index contributed by atoms with van der Waals surface area (Å²) in [5, 5.41) is 2.94. The summed E-state index contributed by atoms with van der Waals surface area (Å²) in [6, 6.07) is 18.6. The number of carbonyl (C=O) groups excluding carboxylic acids is 1. The molecule has 27 heavy (non-hydrogen) atoms. The van der Waals surface area contributed by atoms with E-state index in [2.05, 4.69) is 10.3 Å². The van der Waals surface area contributed by atoms with Crippen LogP contribution in [0, 0.1) is 0 Å². The van der Waals surface area contributed by atoms with Crippen LogP contribution in [0.2, 0.25) is 0 Å². The van der Waals surface area contributed by atoms with Crippen LogP contribution in [-0.4, -0.2) is 24.3 Å². The summed E-state index contributed by atoms with van der Waals surface area (Å²) in [7, 11) is 1.59. The van der Waals surface area contributed by atoms with E-state index < -0.39 is 0 Å². The van der Waals surface area contributed by atoms with Gasteiger partial charge in [0.2, 0.25) is 5.88 Å². The predicted molar refractivity (Wildman–Crippen MR) is 107 cm³/mol. The number of benzene rings is 2. The third-order valence-electron chi connectivity index (χ3n) is 3.92. The highest BCUT2D eigenvalue weighted by atomic mass is 32.2. The Morgan fingerprint density at radius 2 is 1.78 bits per heavy atom. The monoisotopic (exact) mass is 380 g/mol. The summed E-state index contributed by atoms with van der Waals surface area (Å²) in [5.74, 6) is 1.48. The number of rotatable bonds is 7. The normalized spacial score (nSPS) is 10.3. The predicted octanol–water partition coefficient (Wildman–Crippen LogP) is 4.53. The highest BCUT2D eigenvalue weighted by Crippen LogP contribution is 2.31. The van der Waals surface area contributed by atoms with E-state index in [0.29, 0.717) is 29.5 Å². The molecule has 0 bridgehead atoms. The van der Waals surface area contributed by atoms with E-state index in [4.69, 9.17) is 9.47 Å². The van der Waals surface area contributed by atoms with E-state index in [9.17, 15) is 4.79 Å². The van der Waals surface area contributed by atoms with Crippen LogP contribution in [0.4, 0.5) is 0 Å². The van der Waals surface area contributed by atoms with E-state index in [0.717, 1.165) is 10.5 Å². The first kappa shape index (κ1) is 18.8. The topological polar surface area (TPSA) is 60.5 Å². The van der Waals surface area contributed by atoms with Gasteiger partial charge in [0.05, 0.1) is 12.7 Å². The van der Waals surface area contributed by atoms with Crippen LogP contribution in [0.15, 0.2) is 71.8 Å². The van der Waals surface area contributed by atoms with Gasteiger partial charge in [-0.25, -0.2) is 4.98 Å². The highest BCUT2D eigenvalue weighted by Gasteiger charge is 2.13. The molecular weight excluding hydrogens is 360 g/mol. The number of amides is 1. The first-order valence-electron chi connectivity index (χ1n) is 8.39. The Bertz CT molecular complexity index is 931. The molecule has 6 heteroatoms. The summed E-state index contributed by atoms with van der Waals surface area (Å²) in [4.78, 5) is 17.8. The van der Waals surface area contributed by atoms with E-state index >= 15 is 0 Å². The van der Waals surface area contributed by atoms with Gasteiger partial charge in [-0.3, -0.25) is 4.79 Å². The van der Waals surface area contributed by atoms with Gasteiger partial charge in [-0.1, -0.05) is 30.3 Å². The van der Waals surface area contributed by atoms with Gasteiger partial charge in [0.15, 0.2) is 11.5 Å². The zero-order valence-corrected chi connectivity index (χ0v) is 16.0. The summed E-state index contributed by atoms with van der Waals surface area (Å²) in [6.45, 7) is 0.305. The molecule has 0 saturated heterocycles. The fourth-order valence-corrected chi connectivity index (χ4v) is 3.16. The Kier molecular flexibility index (Phi) is 6.33. The molecule has 0 radical (unpaired) electrons. The Balaban J connectivity index is 1.75. The average molecular weight is 380 g/mol. The average Bonchev–Trinajstić information content (AvgIpc) is 2.73. The molecule has 0 aliphatic rings. The third-order valence-corrected chi connectivity index (χ3v) is 4.71. The molecule has 1 N–H and O–H groups in total. The van der Waals surface area contributed by atoms with Crippen molar-refractivity contribution >= 4 is 17.7 Å². The number of thioether (sulfide) groups is 1. The SMILES string of the molecule is COc1ccccc1Oc1ncccc1CNC(=O)c1ccccc1SC. The molecular formula is C21H20N2O3S. The van der Waals surface area contributed by atoms with Gasteiger partial charge in [0.1, 0.15) is 0 Å². The lowest BCUT2D eigenvalue weighted by molar-refractivity contribution is 0.0948. The molecule has 1 aromatic heterocycles. The molecule has 0 fully saturated rings. The second-order valence-corrected chi connectivity index (χ2v) is 6.45. The molecule has 1 amide bonds. The van der Waals surface area contributed by atoms with Crippen molar-refractivity contribution in [1.29, 1.82) is 0 Å². The molecule has 0 aliphatic carbocycles. The maximum absolute atomic E-state index is 12.6. The molecule has 0 unspecified atom stereocenters. The van der Waals surface area contributed by atoms with E-state index in [1.165, 1.54) is 0 Å². The Morgan fingerprint density at radius 3 is 2.56 bits per heavy atom. The van der Waals surface area contributed by atoms with Crippen LogP contribution in [0.3, 0.4) is 0 Å². The molecule has 0 spiro atoms. The van der Waals surface area contributed by atoms with Crippen molar-refractivity contribution in [1.82, 2.24) is 10.3 Å². The number of nitrogens with one attached hydrogen (secondary N) is 1. The maximum Gasteiger partial charge on any atom is 0.252 e. The van der Waals surface area contributed by atoms with Crippen molar-refractivity contribution in [3.63, 3.8) is 0 Å². The van der Waals surface area contributed by atoms with Crippen molar-refractivity contribution in [3.05, 3.63) is 78.0 Å². The van der Waals surface area contributed by atoms with Crippen molar-refractivity contribution < 1.29 is 14.3 Å². The summed E-state index contributed by atoms with van der Waals surface area (Å²) in [6.07, 6.45) is 3.60. The van der Waals surface area contributed by atoms with Crippen LogP contribution in [-0.2, 0) is 6.54 Å². The first-order chi connectivity index (χ1) is 13.2. The zero-order chi connectivity index (χ0) is 19.1. The van der Waals surface area contributed by atoms with Gasteiger partial charge in [0.25, 0.3) is 5.91 Å². The van der Waals surface area contributed by atoms with Crippen LogP contribution in [0.25, 0.3) is 0 Å². The number of nitrogens with zero attached hydrogens (tertiary/aromatic N) is 1. The standard InChI is InChI=1S/C21H20N2O3S/c1-25-17-10-4-5-11-18(17)26-21-15(8-7-13-22-21)14-23-20(24)16-9-3-6-12-19(16)27-2/h3-13H,14H2,1-2H3,(H,23,24). The summed E-state index contributed by atoms with van der Waals surface area (Å²) >= 11 is 1.54. The molecule has 3 rings (SSSR count). The van der Waals surface area contributed by atoms with Gasteiger partial charge < -0.3 is 14.8 Å². The Hall–Kier alpha value is -2.99. The van der Waals surface area contributed by atoms with Crippen molar-refractivity contribution in [3.8, 4) is 17.4 Å². The smallest absolute Gasteiger partial charge is 0.252 e. The molecule has 3 aromatic rings. The van der Waals surface area contributed by atoms with Crippen molar-refractivity contribution in [2.45, 2.75) is 11.4 Å². The lowest BCUT2D eigenvalue weighted by Gasteiger charge is -2.13. The lowest BCUT2D eigenvalue weighted by Crippen LogP contribution is -2.23. The Labute approximate surface area is 162 Å². The van der Waals surface area contributed by atoms with Crippen molar-refractivity contribution in [2.75, 3.05) is 13.4 Å². The molecule has 1 heterocycles. The Morgan fingerprint density at radius 1 is 1.04 bits per heavy atom. The van der Waals surface area contributed by atoms with E-state index in [1.807, 2.05) is 66.9 Å². The van der Waals surface area contributed by atoms with Crippen LogP contribution >= 0.6 is 11.8 Å². The van der Waals surface area contributed by atoms with Crippen LogP contribution < -0.4 is 14.8 Å². The molecule has 5 nitrogen and oxygen atoms in total. The van der Waals surface area contributed by atoms with Gasteiger partial charge in [-0.2, -0.15) is 0 Å². The minimum Gasteiger partial charge on any atom is -0.493 e. The summed E-state index contributed by atoms with van der Waals surface area (Å²) < 4.78 is 11.2. The van der Waals surface area contributed by atoms with Gasteiger partial charge in [-0.05, 0) is 36.6 Å². The largest absolute Gasteiger partial charge is 0.493 e. The van der Waals surface area contributed by atoms with Crippen LogP contribution in [0.5, 0.6) is 17.4 Å². The summed E-state index contributed by atoms with van der Waals surface area (Å²) in [5.41, 5.74) is 1.43. The maximum atomic E-state index is 12.6. The number of carbonyl (C=O) groups is 1. The highest BCUT2D eigenvalue weighted by molar-refractivity contribution is 7.98. The van der Waals surface area contributed by atoms with Gasteiger partial charge in [-0.15, -0.1) is 11.8 Å². The minimum atomic E-state index is -0.132. The fourth-order valence-electron chi connectivity index (χ4n) is 2.56. The number of hydrogen-bond donors (Lipinski definition) is 1. The molecule has 0 aliphatic heterocycles. The molecule has 138 valence electrons. The van der Waals surface area contributed by atoms with Crippen molar-refractivity contribution in [2.24, 2.45) is 0 Å². The molecule has 2 aromatic carbocycles. The second-order valence-electron chi connectivity index (χ2n) is 5.60. The first-order valence-corrected chi connectivity index (χ1v) is 9.61. The number of ether oxygens (including phenoxy) is 2. The second kappa shape index (κ2) is 9.09. The number of hydrogen-bond acceptors (Lipinski definition) is 5. The quantitative estimate of drug-likeness (QED) is 0.610. The van der Waals surface area contributed by atoms with E-state index in [-0.39, 0.29) is 5.91 Å². The number of para-hydroxylation sites is 2. The van der Waals surface area contributed by atoms with Gasteiger partial charge in [0, 0.05) is 23.2 Å². The fraction of sp³-hybridized carbons (Fsp3) is 0.143. The minimum absolute atomic E-state index is 0.132. The number of aromatic nitrogens is 1. The molecule has 0 atom stereocenters. The third kappa shape index (κ3) is 4.60. The van der Waals surface area contributed by atoms with Gasteiger partial charge >= 0.3 is 0 Å². The number of methoxy groups -OCH3 is 1. The zero-order valence-electron chi connectivity index (χ0n) is 15.1. The van der Waals surface area contributed by atoms with E-state index in [1.54, 1.807) is 25.1 Å². The lowest BCUT2D eigenvalue weighted by atomic mass is 10.2. The number of pyridine rings is 1. The van der Waals surface area contributed by atoms with Crippen LogP contribution in [0.1, 0.15) is 15.9 Å². The molecule has 0 saturated carbocycles.